The van der Waals surface area contributed by atoms with Gasteiger partial charge < -0.3 is 10.2 Å². The molecule has 0 aliphatic rings. The van der Waals surface area contributed by atoms with Gasteiger partial charge in [-0.3, -0.25) is 0 Å². The molecule has 1 atom stereocenters. The molecule has 0 bridgehead atoms. The van der Waals surface area contributed by atoms with E-state index >= 15 is 0 Å². The summed E-state index contributed by atoms with van der Waals surface area (Å²) in [6, 6.07) is 16.2. The van der Waals surface area contributed by atoms with Gasteiger partial charge in [0, 0.05) is 0 Å². The molecule has 19 heavy (non-hydrogen) atoms. The molecule has 100 valence electrons. The van der Waals surface area contributed by atoms with Crippen LogP contribution < -0.4 is 0 Å². The Hall–Kier alpha value is -1.64. The van der Waals surface area contributed by atoms with E-state index in [0.717, 1.165) is 11.1 Å². The van der Waals surface area contributed by atoms with E-state index in [2.05, 4.69) is 38.1 Å². The summed E-state index contributed by atoms with van der Waals surface area (Å²) in [5, 5.41) is 18.5. The summed E-state index contributed by atoms with van der Waals surface area (Å²) >= 11 is 0. The van der Waals surface area contributed by atoms with Gasteiger partial charge >= 0.3 is 0 Å². The van der Waals surface area contributed by atoms with Gasteiger partial charge in [0.15, 0.2) is 0 Å². The van der Waals surface area contributed by atoms with Crippen LogP contribution in [0.25, 0.3) is 11.1 Å². The lowest BCUT2D eigenvalue weighted by Crippen LogP contribution is -2.01. The van der Waals surface area contributed by atoms with Gasteiger partial charge in [0.2, 0.25) is 0 Å². The molecule has 2 aromatic carbocycles. The number of hydrogen-bond donors (Lipinski definition) is 2. The molecule has 0 saturated heterocycles. The maximum absolute atomic E-state index is 9.56. The summed E-state index contributed by atoms with van der Waals surface area (Å²) in [4.78, 5) is 0. The van der Waals surface area contributed by atoms with Crippen molar-refractivity contribution in [2.24, 2.45) is 0 Å². The van der Waals surface area contributed by atoms with Gasteiger partial charge in [-0.1, -0.05) is 62.4 Å². The highest BCUT2D eigenvalue weighted by atomic mass is 16.3. The van der Waals surface area contributed by atoms with Gasteiger partial charge in [0.05, 0.1) is 6.61 Å². The SMILES string of the molecule is CC(C)c1cccc(-c2ccc(C(O)CO)cc2)c1. The van der Waals surface area contributed by atoms with Crippen LogP contribution in [0.2, 0.25) is 0 Å². The Morgan fingerprint density at radius 2 is 1.58 bits per heavy atom. The van der Waals surface area contributed by atoms with Gasteiger partial charge in [0.1, 0.15) is 6.10 Å². The topological polar surface area (TPSA) is 40.5 Å². The highest BCUT2D eigenvalue weighted by molar-refractivity contribution is 5.64. The van der Waals surface area contributed by atoms with Crippen LogP contribution >= 0.6 is 0 Å². The average Bonchev–Trinajstić information content (AvgIpc) is 2.46. The van der Waals surface area contributed by atoms with Gasteiger partial charge in [-0.2, -0.15) is 0 Å². The maximum Gasteiger partial charge on any atom is 0.102 e. The number of rotatable bonds is 4. The Morgan fingerprint density at radius 1 is 0.895 bits per heavy atom. The Kier molecular flexibility index (Phi) is 4.35. The molecule has 2 heteroatoms. The summed E-state index contributed by atoms with van der Waals surface area (Å²) in [5.74, 6) is 0.510. The molecule has 0 heterocycles. The third-order valence-electron chi connectivity index (χ3n) is 3.36. The van der Waals surface area contributed by atoms with Crippen molar-refractivity contribution < 1.29 is 10.2 Å². The molecular weight excluding hydrogens is 236 g/mol. The first kappa shape index (κ1) is 13.8. The first-order valence-electron chi connectivity index (χ1n) is 6.61. The molecule has 0 saturated carbocycles. The van der Waals surface area contributed by atoms with Crippen molar-refractivity contribution in [1.29, 1.82) is 0 Å². The third kappa shape index (κ3) is 3.22. The number of aliphatic hydroxyl groups excluding tert-OH is 2. The van der Waals surface area contributed by atoms with Crippen LogP contribution in [-0.2, 0) is 0 Å². The van der Waals surface area contributed by atoms with Crippen LogP contribution in [-0.4, -0.2) is 16.8 Å². The summed E-state index contributed by atoms with van der Waals surface area (Å²) in [5.41, 5.74) is 4.36. The molecular formula is C17H20O2. The van der Waals surface area contributed by atoms with E-state index in [-0.39, 0.29) is 6.61 Å². The van der Waals surface area contributed by atoms with Crippen molar-refractivity contribution in [3.05, 3.63) is 59.7 Å². The molecule has 0 fully saturated rings. The third-order valence-corrected chi connectivity index (χ3v) is 3.36. The molecule has 0 aliphatic heterocycles. The van der Waals surface area contributed by atoms with E-state index in [1.807, 2.05) is 24.3 Å². The number of aliphatic hydroxyl groups is 2. The van der Waals surface area contributed by atoms with E-state index < -0.39 is 6.10 Å². The minimum Gasteiger partial charge on any atom is -0.393 e. The fourth-order valence-corrected chi connectivity index (χ4v) is 2.08. The number of hydrogen-bond acceptors (Lipinski definition) is 2. The predicted octanol–water partition coefficient (Wildman–Crippen LogP) is 3.50. The van der Waals surface area contributed by atoms with E-state index in [4.69, 9.17) is 5.11 Å². The molecule has 0 radical (unpaired) electrons. The standard InChI is InChI=1S/C17H20O2/c1-12(2)15-4-3-5-16(10-15)13-6-8-14(9-7-13)17(19)11-18/h3-10,12,17-19H,11H2,1-2H3. The van der Waals surface area contributed by atoms with E-state index in [9.17, 15) is 5.11 Å². The van der Waals surface area contributed by atoms with Crippen LogP contribution in [0.4, 0.5) is 0 Å². The van der Waals surface area contributed by atoms with Crippen molar-refractivity contribution in [3.63, 3.8) is 0 Å². The van der Waals surface area contributed by atoms with Crippen molar-refractivity contribution in [2.45, 2.75) is 25.9 Å². The molecule has 2 aromatic rings. The Balaban J connectivity index is 2.29. The maximum atomic E-state index is 9.56. The summed E-state index contributed by atoms with van der Waals surface area (Å²) in [6.07, 6.45) is -0.795. The van der Waals surface area contributed by atoms with Crippen LogP contribution in [0.15, 0.2) is 48.5 Å². The monoisotopic (exact) mass is 256 g/mol. The Bertz CT molecular complexity index is 529. The zero-order valence-electron chi connectivity index (χ0n) is 11.4. The van der Waals surface area contributed by atoms with E-state index in [0.29, 0.717) is 5.92 Å². The van der Waals surface area contributed by atoms with Crippen molar-refractivity contribution in [1.82, 2.24) is 0 Å². The van der Waals surface area contributed by atoms with Crippen molar-refractivity contribution in [3.8, 4) is 11.1 Å². The molecule has 2 nitrogen and oxygen atoms in total. The molecule has 2 N–H and O–H groups in total. The molecule has 0 aromatic heterocycles. The van der Waals surface area contributed by atoms with Crippen LogP contribution in [0, 0.1) is 0 Å². The lowest BCUT2D eigenvalue weighted by atomic mass is 9.96. The smallest absolute Gasteiger partial charge is 0.102 e. The second-order valence-corrected chi connectivity index (χ2v) is 5.10. The van der Waals surface area contributed by atoms with Gasteiger partial charge in [-0.15, -0.1) is 0 Å². The highest BCUT2D eigenvalue weighted by Gasteiger charge is 2.06. The predicted molar refractivity (Wildman–Crippen MR) is 78.0 cm³/mol. The molecule has 0 amide bonds. The molecule has 1 unspecified atom stereocenters. The summed E-state index contributed by atoms with van der Waals surface area (Å²) < 4.78 is 0. The second kappa shape index (κ2) is 6.00. The normalized spacial score (nSPS) is 12.7. The minimum absolute atomic E-state index is 0.248. The minimum atomic E-state index is -0.795. The van der Waals surface area contributed by atoms with Crippen LogP contribution in [0.3, 0.4) is 0 Å². The van der Waals surface area contributed by atoms with Gasteiger partial charge in [-0.25, -0.2) is 0 Å². The van der Waals surface area contributed by atoms with Crippen LogP contribution in [0.5, 0.6) is 0 Å². The zero-order chi connectivity index (χ0) is 13.8. The molecule has 2 rings (SSSR count). The van der Waals surface area contributed by atoms with Crippen molar-refractivity contribution >= 4 is 0 Å². The number of benzene rings is 2. The van der Waals surface area contributed by atoms with Crippen LogP contribution in [0.1, 0.15) is 37.0 Å². The van der Waals surface area contributed by atoms with Gasteiger partial charge in [-0.05, 0) is 28.2 Å². The van der Waals surface area contributed by atoms with Crippen molar-refractivity contribution in [2.75, 3.05) is 6.61 Å². The lowest BCUT2D eigenvalue weighted by molar-refractivity contribution is 0.0956. The zero-order valence-corrected chi connectivity index (χ0v) is 11.4. The van der Waals surface area contributed by atoms with E-state index in [1.54, 1.807) is 0 Å². The largest absolute Gasteiger partial charge is 0.393 e. The Morgan fingerprint density at radius 3 is 2.16 bits per heavy atom. The van der Waals surface area contributed by atoms with Gasteiger partial charge in [0.25, 0.3) is 0 Å². The summed E-state index contributed by atoms with van der Waals surface area (Å²) in [7, 11) is 0. The fourth-order valence-electron chi connectivity index (χ4n) is 2.08. The first-order chi connectivity index (χ1) is 9.11. The molecule has 0 spiro atoms. The first-order valence-corrected chi connectivity index (χ1v) is 6.61. The molecule has 0 aliphatic carbocycles. The quantitative estimate of drug-likeness (QED) is 0.879. The van der Waals surface area contributed by atoms with E-state index in [1.165, 1.54) is 11.1 Å². The highest BCUT2D eigenvalue weighted by Crippen LogP contribution is 2.25. The average molecular weight is 256 g/mol. The lowest BCUT2D eigenvalue weighted by Gasteiger charge is -2.10. The second-order valence-electron chi connectivity index (χ2n) is 5.10. The fraction of sp³-hybridized carbons (Fsp3) is 0.294. The summed E-state index contributed by atoms with van der Waals surface area (Å²) in [6.45, 7) is 4.11. The Labute approximate surface area is 114 Å².